The molecule has 1 aliphatic rings. The maximum absolute atomic E-state index is 11.5. The molecule has 96 valence electrons. The van der Waals surface area contributed by atoms with Crippen LogP contribution in [0.3, 0.4) is 0 Å². The van der Waals surface area contributed by atoms with Gasteiger partial charge in [0.15, 0.2) is 0 Å². The topological polar surface area (TPSA) is 84.3 Å². The molecule has 0 atom stereocenters. The lowest BCUT2D eigenvalue weighted by atomic mass is 10.1. The van der Waals surface area contributed by atoms with Crippen LogP contribution in [0.25, 0.3) is 0 Å². The average molecular weight is 249 g/mol. The van der Waals surface area contributed by atoms with E-state index in [0.717, 1.165) is 19.4 Å². The Hall–Kier alpha value is -2.11. The van der Waals surface area contributed by atoms with Crippen molar-refractivity contribution in [1.82, 2.24) is 5.32 Å². The van der Waals surface area contributed by atoms with E-state index in [9.17, 15) is 14.9 Å². The van der Waals surface area contributed by atoms with E-state index < -0.39 is 4.92 Å². The molecule has 1 aromatic carbocycles. The predicted octanol–water partition coefficient (Wildman–Crippen LogP) is 1.78. The molecule has 6 nitrogen and oxygen atoms in total. The second-order valence-electron chi connectivity index (χ2n) is 4.39. The van der Waals surface area contributed by atoms with E-state index in [1.165, 1.54) is 25.2 Å². The Kier molecular flexibility index (Phi) is 3.45. The number of nitro groups is 1. The third kappa shape index (κ3) is 2.77. The Balaban J connectivity index is 2.24. The molecule has 2 rings (SSSR count). The van der Waals surface area contributed by atoms with Crippen LogP contribution in [0.4, 0.5) is 11.4 Å². The molecule has 0 aromatic heterocycles. The normalized spacial score (nSPS) is 14.1. The van der Waals surface area contributed by atoms with Gasteiger partial charge in [-0.3, -0.25) is 14.9 Å². The highest BCUT2D eigenvalue weighted by Gasteiger charge is 2.23. The van der Waals surface area contributed by atoms with E-state index in [0.29, 0.717) is 17.2 Å². The third-order valence-electron chi connectivity index (χ3n) is 2.96. The zero-order valence-corrected chi connectivity index (χ0v) is 10.1. The van der Waals surface area contributed by atoms with E-state index in [4.69, 9.17) is 0 Å². The molecule has 6 heteroatoms. The largest absolute Gasteiger partial charge is 0.379 e. The quantitative estimate of drug-likeness (QED) is 0.615. The van der Waals surface area contributed by atoms with Crippen LogP contribution < -0.4 is 10.6 Å². The summed E-state index contributed by atoms with van der Waals surface area (Å²) in [5.41, 5.74) is 0.831. The molecule has 0 saturated heterocycles. The summed E-state index contributed by atoms with van der Waals surface area (Å²) < 4.78 is 0. The Morgan fingerprint density at radius 2 is 2.22 bits per heavy atom. The van der Waals surface area contributed by atoms with Gasteiger partial charge >= 0.3 is 0 Å². The monoisotopic (exact) mass is 249 g/mol. The number of hydrogen-bond acceptors (Lipinski definition) is 4. The summed E-state index contributed by atoms with van der Waals surface area (Å²) >= 11 is 0. The molecule has 0 aliphatic heterocycles. The summed E-state index contributed by atoms with van der Waals surface area (Å²) in [5, 5.41) is 16.4. The van der Waals surface area contributed by atoms with Crippen LogP contribution in [-0.4, -0.2) is 24.4 Å². The smallest absolute Gasteiger partial charge is 0.292 e. The number of nitrogens with zero attached hydrogens (tertiary/aromatic N) is 1. The van der Waals surface area contributed by atoms with Crippen molar-refractivity contribution in [3.63, 3.8) is 0 Å². The summed E-state index contributed by atoms with van der Waals surface area (Å²) in [4.78, 5) is 21.9. The number of amides is 1. The van der Waals surface area contributed by atoms with Crippen LogP contribution in [0.2, 0.25) is 0 Å². The summed E-state index contributed by atoms with van der Waals surface area (Å²) in [6.45, 7) is 0.720. The maximum atomic E-state index is 11.5. The van der Waals surface area contributed by atoms with Gasteiger partial charge in [-0.1, -0.05) is 0 Å². The summed E-state index contributed by atoms with van der Waals surface area (Å²) in [7, 11) is 1.53. The van der Waals surface area contributed by atoms with Crippen LogP contribution in [0, 0.1) is 16.0 Å². The van der Waals surface area contributed by atoms with Crippen LogP contribution in [0.5, 0.6) is 0 Å². The zero-order valence-electron chi connectivity index (χ0n) is 10.1. The first kappa shape index (κ1) is 12.3. The van der Waals surface area contributed by atoms with Crippen molar-refractivity contribution in [2.45, 2.75) is 12.8 Å². The molecule has 0 heterocycles. The van der Waals surface area contributed by atoms with Gasteiger partial charge in [-0.15, -0.1) is 0 Å². The molecular formula is C12H15N3O3. The second kappa shape index (κ2) is 5.03. The van der Waals surface area contributed by atoms with E-state index in [-0.39, 0.29) is 11.6 Å². The van der Waals surface area contributed by atoms with Crippen molar-refractivity contribution >= 4 is 17.3 Å². The van der Waals surface area contributed by atoms with Crippen molar-refractivity contribution in [1.29, 1.82) is 0 Å². The molecule has 2 N–H and O–H groups in total. The highest BCUT2D eigenvalue weighted by molar-refractivity contribution is 5.95. The van der Waals surface area contributed by atoms with Gasteiger partial charge in [-0.2, -0.15) is 0 Å². The lowest BCUT2D eigenvalue weighted by Crippen LogP contribution is -2.18. The van der Waals surface area contributed by atoms with Gasteiger partial charge in [-0.05, 0) is 30.9 Å². The molecule has 0 spiro atoms. The van der Waals surface area contributed by atoms with Crippen molar-refractivity contribution in [3.8, 4) is 0 Å². The zero-order chi connectivity index (χ0) is 13.1. The summed E-state index contributed by atoms with van der Waals surface area (Å²) in [6.07, 6.45) is 2.33. The van der Waals surface area contributed by atoms with Crippen molar-refractivity contribution < 1.29 is 9.72 Å². The summed E-state index contributed by atoms with van der Waals surface area (Å²) in [5.74, 6) is 0.354. The van der Waals surface area contributed by atoms with Gasteiger partial charge in [-0.25, -0.2) is 0 Å². The standard InChI is InChI=1S/C12H15N3O3/c1-13-12(16)9-4-5-11(15(17)18)10(6-9)14-7-8-2-3-8/h4-6,8,14H,2-3,7H2,1H3,(H,13,16). The number of rotatable bonds is 5. The fourth-order valence-corrected chi connectivity index (χ4v) is 1.70. The Morgan fingerprint density at radius 3 is 2.78 bits per heavy atom. The first-order valence-electron chi connectivity index (χ1n) is 5.86. The first-order valence-corrected chi connectivity index (χ1v) is 5.86. The number of carbonyl (C=O) groups excluding carboxylic acids is 1. The van der Waals surface area contributed by atoms with Crippen molar-refractivity contribution in [2.75, 3.05) is 18.9 Å². The van der Waals surface area contributed by atoms with Gasteiger partial charge in [0.05, 0.1) is 4.92 Å². The van der Waals surface area contributed by atoms with Gasteiger partial charge in [0.2, 0.25) is 0 Å². The molecular weight excluding hydrogens is 234 g/mol. The minimum Gasteiger partial charge on any atom is -0.379 e. The Morgan fingerprint density at radius 1 is 1.50 bits per heavy atom. The van der Waals surface area contributed by atoms with E-state index >= 15 is 0 Å². The van der Waals surface area contributed by atoms with Crippen LogP contribution in [0.15, 0.2) is 18.2 Å². The molecule has 18 heavy (non-hydrogen) atoms. The van der Waals surface area contributed by atoms with Crippen molar-refractivity contribution in [2.24, 2.45) is 5.92 Å². The van der Waals surface area contributed by atoms with E-state index in [1.807, 2.05) is 0 Å². The lowest BCUT2D eigenvalue weighted by molar-refractivity contribution is -0.384. The fraction of sp³-hybridized carbons (Fsp3) is 0.417. The van der Waals surface area contributed by atoms with Gasteiger partial charge < -0.3 is 10.6 Å². The first-order chi connectivity index (χ1) is 8.61. The molecule has 0 unspecified atom stereocenters. The number of nitrogens with one attached hydrogen (secondary N) is 2. The van der Waals surface area contributed by atoms with Gasteiger partial charge in [0, 0.05) is 25.2 Å². The number of benzene rings is 1. The second-order valence-corrected chi connectivity index (χ2v) is 4.39. The van der Waals surface area contributed by atoms with Crippen molar-refractivity contribution in [3.05, 3.63) is 33.9 Å². The maximum Gasteiger partial charge on any atom is 0.292 e. The van der Waals surface area contributed by atoms with Crippen LogP contribution in [-0.2, 0) is 0 Å². The van der Waals surface area contributed by atoms with Crippen LogP contribution >= 0.6 is 0 Å². The highest BCUT2D eigenvalue weighted by atomic mass is 16.6. The third-order valence-corrected chi connectivity index (χ3v) is 2.96. The molecule has 1 aromatic rings. The molecule has 1 saturated carbocycles. The van der Waals surface area contributed by atoms with Crippen LogP contribution in [0.1, 0.15) is 23.2 Å². The van der Waals surface area contributed by atoms with E-state index in [1.54, 1.807) is 0 Å². The Bertz CT molecular complexity index is 483. The lowest BCUT2D eigenvalue weighted by Gasteiger charge is -2.08. The van der Waals surface area contributed by atoms with Gasteiger partial charge in [0.1, 0.15) is 5.69 Å². The minimum atomic E-state index is -0.442. The number of hydrogen-bond donors (Lipinski definition) is 2. The van der Waals surface area contributed by atoms with Gasteiger partial charge in [0.25, 0.3) is 11.6 Å². The fourth-order valence-electron chi connectivity index (χ4n) is 1.70. The predicted molar refractivity (Wildman–Crippen MR) is 67.7 cm³/mol. The molecule has 0 bridgehead atoms. The molecule has 1 amide bonds. The summed E-state index contributed by atoms with van der Waals surface area (Å²) in [6, 6.07) is 4.35. The molecule has 0 radical (unpaired) electrons. The minimum absolute atomic E-state index is 0.00306. The van der Waals surface area contributed by atoms with E-state index in [2.05, 4.69) is 10.6 Å². The number of nitro benzene ring substituents is 1. The highest BCUT2D eigenvalue weighted by Crippen LogP contribution is 2.31. The number of carbonyl (C=O) groups is 1. The average Bonchev–Trinajstić information content (AvgIpc) is 3.18. The number of anilines is 1. The molecule has 1 fully saturated rings. The molecule has 1 aliphatic carbocycles. The Labute approximate surface area is 105 Å². The SMILES string of the molecule is CNC(=O)c1ccc([N+](=O)[O-])c(NCC2CC2)c1.